The third-order valence-electron chi connectivity index (χ3n) is 6.11. The Balaban J connectivity index is 1.51. The molecule has 4 aromatic rings. The van der Waals surface area contributed by atoms with Crippen LogP contribution in [0.3, 0.4) is 0 Å². The average molecular weight is 448 g/mol. The van der Waals surface area contributed by atoms with Crippen LogP contribution in [0.4, 0.5) is 4.39 Å². The van der Waals surface area contributed by atoms with Gasteiger partial charge in [0.05, 0.1) is 11.3 Å². The Bertz CT molecular complexity index is 1300. The first-order valence-corrected chi connectivity index (χ1v) is 11.4. The molecule has 1 atom stereocenters. The summed E-state index contributed by atoms with van der Waals surface area (Å²) in [5.74, 6) is -1.33. The summed E-state index contributed by atoms with van der Waals surface area (Å²) in [5, 5.41) is 12.6. The van der Waals surface area contributed by atoms with E-state index in [-0.39, 0.29) is 17.8 Å². The molecule has 162 valence electrons. The summed E-state index contributed by atoms with van der Waals surface area (Å²) in [6, 6.07) is 18.5. The molecule has 0 spiro atoms. The van der Waals surface area contributed by atoms with Crippen LogP contribution in [-0.4, -0.2) is 27.1 Å². The average Bonchev–Trinajstić information content (AvgIpc) is 3.51. The van der Waals surface area contributed by atoms with E-state index < -0.39 is 12.0 Å². The van der Waals surface area contributed by atoms with Gasteiger partial charge < -0.3 is 10.4 Å². The van der Waals surface area contributed by atoms with Gasteiger partial charge in [-0.1, -0.05) is 53.8 Å². The number of rotatable bonds is 7. The molecule has 1 saturated carbocycles. The van der Waals surface area contributed by atoms with Crippen molar-refractivity contribution in [2.24, 2.45) is 0 Å². The number of hydrogen-bond donors (Lipinski definition) is 2. The summed E-state index contributed by atoms with van der Waals surface area (Å²) in [4.78, 5) is 21.5. The summed E-state index contributed by atoms with van der Waals surface area (Å²) in [6.07, 6.45) is 2.12. The number of thiazole rings is 1. The van der Waals surface area contributed by atoms with E-state index in [1.54, 1.807) is 19.1 Å². The molecule has 5 rings (SSSR count). The molecular weight excluding hydrogens is 425 g/mol. The SMILES string of the molecule is CC(NCc1cccc(F)c1-c1nc2ccc(C3(c4ccccc4)CC3)nc2s1)C(=O)O. The van der Waals surface area contributed by atoms with Crippen LogP contribution in [0, 0.1) is 5.82 Å². The molecule has 0 bridgehead atoms. The third-order valence-corrected chi connectivity index (χ3v) is 7.09. The second kappa shape index (κ2) is 8.07. The van der Waals surface area contributed by atoms with Crippen molar-refractivity contribution in [2.75, 3.05) is 0 Å². The van der Waals surface area contributed by atoms with Gasteiger partial charge in [-0.3, -0.25) is 4.79 Å². The van der Waals surface area contributed by atoms with Gasteiger partial charge in [-0.2, -0.15) is 0 Å². The van der Waals surface area contributed by atoms with Crippen molar-refractivity contribution in [3.05, 3.63) is 83.3 Å². The number of pyridine rings is 1. The molecule has 2 aromatic carbocycles. The molecule has 0 amide bonds. The zero-order valence-electron chi connectivity index (χ0n) is 17.5. The zero-order chi connectivity index (χ0) is 22.3. The molecule has 1 unspecified atom stereocenters. The van der Waals surface area contributed by atoms with Crippen LogP contribution in [0.5, 0.6) is 0 Å². The van der Waals surface area contributed by atoms with Crippen molar-refractivity contribution in [1.82, 2.24) is 15.3 Å². The molecule has 0 radical (unpaired) electrons. The quantitative estimate of drug-likeness (QED) is 0.410. The monoisotopic (exact) mass is 447 g/mol. The van der Waals surface area contributed by atoms with Crippen molar-refractivity contribution in [3.63, 3.8) is 0 Å². The molecular formula is C25H22FN3O2S. The van der Waals surface area contributed by atoms with E-state index in [4.69, 9.17) is 10.1 Å². The van der Waals surface area contributed by atoms with Crippen molar-refractivity contribution < 1.29 is 14.3 Å². The van der Waals surface area contributed by atoms with Gasteiger partial charge in [-0.25, -0.2) is 14.4 Å². The second-order valence-electron chi connectivity index (χ2n) is 8.20. The Kier molecular flexibility index (Phi) is 5.23. The molecule has 2 N–H and O–H groups in total. The molecule has 2 heterocycles. The Hall–Kier alpha value is -3.16. The standard InChI is InChI=1S/C25H22FN3O2S/c1-15(24(30)31)27-14-16-6-5-9-18(26)21(16)23-28-19-10-11-20(29-22(19)32-23)25(12-13-25)17-7-3-2-4-8-17/h2-11,15,27H,12-14H2,1H3,(H,30,31). The highest BCUT2D eigenvalue weighted by atomic mass is 32.1. The Morgan fingerprint density at radius 3 is 2.62 bits per heavy atom. The van der Waals surface area contributed by atoms with E-state index >= 15 is 0 Å². The van der Waals surface area contributed by atoms with Crippen LogP contribution in [-0.2, 0) is 16.8 Å². The Morgan fingerprint density at radius 1 is 1.12 bits per heavy atom. The van der Waals surface area contributed by atoms with Gasteiger partial charge in [0.25, 0.3) is 0 Å². The van der Waals surface area contributed by atoms with E-state index in [2.05, 4.69) is 34.6 Å². The van der Waals surface area contributed by atoms with E-state index in [1.807, 2.05) is 18.2 Å². The molecule has 7 heteroatoms. The number of nitrogens with one attached hydrogen (secondary N) is 1. The van der Waals surface area contributed by atoms with Gasteiger partial charge >= 0.3 is 5.97 Å². The molecule has 1 fully saturated rings. The predicted octanol–water partition coefficient (Wildman–Crippen LogP) is 5.14. The first-order valence-electron chi connectivity index (χ1n) is 10.6. The largest absolute Gasteiger partial charge is 0.480 e. The number of fused-ring (bicyclic) bond motifs is 1. The fourth-order valence-electron chi connectivity index (χ4n) is 4.07. The number of benzene rings is 2. The molecule has 1 aliphatic carbocycles. The minimum atomic E-state index is -0.952. The second-order valence-corrected chi connectivity index (χ2v) is 9.18. The van der Waals surface area contributed by atoms with Gasteiger partial charge in [-0.05, 0) is 49.1 Å². The van der Waals surface area contributed by atoms with Crippen molar-refractivity contribution >= 4 is 27.7 Å². The maximum Gasteiger partial charge on any atom is 0.320 e. The fourth-order valence-corrected chi connectivity index (χ4v) is 5.09. The smallest absolute Gasteiger partial charge is 0.320 e. The number of aliphatic carboxylic acids is 1. The summed E-state index contributed by atoms with van der Waals surface area (Å²) in [6.45, 7) is 1.79. The van der Waals surface area contributed by atoms with Gasteiger partial charge in [-0.15, -0.1) is 0 Å². The number of halogens is 1. The minimum Gasteiger partial charge on any atom is -0.480 e. The summed E-state index contributed by atoms with van der Waals surface area (Å²) in [5.41, 5.74) is 4.05. The lowest BCUT2D eigenvalue weighted by molar-refractivity contribution is -0.139. The highest BCUT2D eigenvalue weighted by Gasteiger charge is 2.47. The summed E-state index contributed by atoms with van der Waals surface area (Å²) in [7, 11) is 0. The number of aromatic nitrogens is 2. The molecule has 1 aliphatic rings. The van der Waals surface area contributed by atoms with Crippen LogP contribution < -0.4 is 5.32 Å². The lowest BCUT2D eigenvalue weighted by Crippen LogP contribution is -2.33. The van der Waals surface area contributed by atoms with Gasteiger partial charge in [0, 0.05) is 12.0 Å². The Morgan fingerprint density at radius 2 is 1.91 bits per heavy atom. The van der Waals surface area contributed by atoms with Crippen LogP contribution in [0.2, 0.25) is 0 Å². The van der Waals surface area contributed by atoms with Crippen LogP contribution in [0.1, 0.15) is 36.6 Å². The molecule has 0 saturated heterocycles. The number of carboxylic acids is 1. The predicted molar refractivity (Wildman–Crippen MR) is 123 cm³/mol. The summed E-state index contributed by atoms with van der Waals surface area (Å²) < 4.78 is 14.8. The highest BCUT2D eigenvalue weighted by molar-refractivity contribution is 7.21. The lowest BCUT2D eigenvalue weighted by atomic mass is 9.92. The highest BCUT2D eigenvalue weighted by Crippen LogP contribution is 2.53. The molecule has 2 aromatic heterocycles. The van der Waals surface area contributed by atoms with E-state index in [0.29, 0.717) is 16.1 Å². The first kappa shape index (κ1) is 20.7. The number of carbonyl (C=O) groups is 1. The van der Waals surface area contributed by atoms with Crippen LogP contribution >= 0.6 is 11.3 Å². The van der Waals surface area contributed by atoms with E-state index in [0.717, 1.165) is 28.9 Å². The number of hydrogen-bond acceptors (Lipinski definition) is 5. The maximum atomic E-state index is 14.8. The minimum absolute atomic E-state index is 0.0420. The van der Waals surface area contributed by atoms with Crippen molar-refractivity contribution in [1.29, 1.82) is 0 Å². The summed E-state index contributed by atoms with van der Waals surface area (Å²) >= 11 is 1.37. The van der Waals surface area contributed by atoms with Crippen LogP contribution in [0.15, 0.2) is 60.7 Å². The topological polar surface area (TPSA) is 75.1 Å². The third kappa shape index (κ3) is 3.67. The van der Waals surface area contributed by atoms with E-state index in [1.165, 1.54) is 23.0 Å². The molecule has 32 heavy (non-hydrogen) atoms. The van der Waals surface area contributed by atoms with Gasteiger partial charge in [0.15, 0.2) is 0 Å². The van der Waals surface area contributed by atoms with E-state index in [9.17, 15) is 9.18 Å². The van der Waals surface area contributed by atoms with Gasteiger partial charge in [0.2, 0.25) is 0 Å². The van der Waals surface area contributed by atoms with Gasteiger partial charge in [0.1, 0.15) is 27.2 Å². The van der Waals surface area contributed by atoms with Crippen molar-refractivity contribution in [2.45, 2.75) is 37.8 Å². The zero-order valence-corrected chi connectivity index (χ0v) is 18.3. The van der Waals surface area contributed by atoms with Crippen LogP contribution in [0.25, 0.3) is 20.9 Å². The first-order chi connectivity index (χ1) is 15.5. The normalized spacial score (nSPS) is 15.6. The van der Waals surface area contributed by atoms with Crippen molar-refractivity contribution in [3.8, 4) is 10.6 Å². The molecule has 5 nitrogen and oxygen atoms in total. The maximum absolute atomic E-state index is 14.8. The number of carboxylic acid groups (broad SMARTS) is 1. The lowest BCUT2D eigenvalue weighted by Gasteiger charge is -2.14. The molecule has 0 aliphatic heterocycles. The number of nitrogens with zero attached hydrogens (tertiary/aromatic N) is 2. The fraction of sp³-hybridized carbons (Fsp3) is 0.240. The Labute approximate surface area is 189 Å².